The van der Waals surface area contributed by atoms with E-state index in [1.807, 2.05) is 24.3 Å². The molecule has 1 aromatic carbocycles. The van der Waals surface area contributed by atoms with Gasteiger partial charge in [-0.15, -0.1) is 0 Å². The second-order valence-corrected chi connectivity index (χ2v) is 8.57. The Morgan fingerprint density at radius 3 is 2.19 bits per heavy atom. The molecule has 2 rings (SSSR count). The number of amides is 3. The molecule has 0 saturated heterocycles. The number of benzene rings is 1. The molecule has 1 aromatic heterocycles. The zero-order valence-electron chi connectivity index (χ0n) is 20.4. The maximum absolute atomic E-state index is 13.2. The molecule has 0 spiro atoms. The smallest absolute Gasteiger partial charge is 0.326 e. The number of aliphatic carboxylic acids is 2. The molecular formula is C24H34N6O7. The average molecular weight is 519 g/mol. The van der Waals surface area contributed by atoms with Crippen molar-refractivity contribution in [3.8, 4) is 0 Å². The van der Waals surface area contributed by atoms with E-state index in [9.17, 15) is 29.1 Å². The number of unbranched alkanes of at least 4 members (excludes halogenated alkanes) is 1. The molecule has 1 heterocycles. The third-order valence-electron chi connectivity index (χ3n) is 5.78. The van der Waals surface area contributed by atoms with Gasteiger partial charge in [-0.1, -0.05) is 18.2 Å². The summed E-state index contributed by atoms with van der Waals surface area (Å²) >= 11 is 0. The maximum atomic E-state index is 13.2. The highest BCUT2D eigenvalue weighted by molar-refractivity contribution is 5.94. The number of nitrogens with one attached hydrogen (secondary N) is 4. The van der Waals surface area contributed by atoms with Gasteiger partial charge >= 0.3 is 11.9 Å². The molecule has 202 valence electrons. The minimum absolute atomic E-state index is 0.00715. The largest absolute Gasteiger partial charge is 0.481 e. The zero-order valence-corrected chi connectivity index (χ0v) is 20.4. The van der Waals surface area contributed by atoms with E-state index in [2.05, 4.69) is 20.9 Å². The number of carboxylic acids is 2. The van der Waals surface area contributed by atoms with Gasteiger partial charge in [-0.3, -0.25) is 19.2 Å². The molecule has 3 amide bonds. The molecule has 0 fully saturated rings. The fourth-order valence-corrected chi connectivity index (χ4v) is 3.81. The Kier molecular flexibility index (Phi) is 11.5. The molecule has 37 heavy (non-hydrogen) atoms. The number of nitrogens with two attached hydrogens (primary N) is 2. The first kappa shape index (κ1) is 29.3. The van der Waals surface area contributed by atoms with Crippen molar-refractivity contribution in [2.24, 2.45) is 11.5 Å². The second kappa shape index (κ2) is 14.6. The van der Waals surface area contributed by atoms with Gasteiger partial charge in [0.15, 0.2) is 0 Å². The average Bonchev–Trinajstić information content (AvgIpc) is 3.27. The summed E-state index contributed by atoms with van der Waals surface area (Å²) in [4.78, 5) is 63.8. The summed E-state index contributed by atoms with van der Waals surface area (Å²) in [6.07, 6.45) is 2.30. The van der Waals surface area contributed by atoms with Gasteiger partial charge in [-0.2, -0.15) is 0 Å². The van der Waals surface area contributed by atoms with Crippen molar-refractivity contribution in [3.63, 3.8) is 0 Å². The predicted octanol–water partition coefficient (Wildman–Crippen LogP) is -0.798. The van der Waals surface area contributed by atoms with Crippen LogP contribution in [0, 0.1) is 0 Å². The fourth-order valence-electron chi connectivity index (χ4n) is 3.81. The number of rotatable bonds is 16. The lowest BCUT2D eigenvalue weighted by molar-refractivity contribution is -0.143. The lowest BCUT2D eigenvalue weighted by Gasteiger charge is -2.24. The predicted molar refractivity (Wildman–Crippen MR) is 134 cm³/mol. The second-order valence-electron chi connectivity index (χ2n) is 8.57. The number of para-hydroxylation sites is 1. The fraction of sp³-hybridized carbons (Fsp3) is 0.458. The van der Waals surface area contributed by atoms with Crippen LogP contribution in [0.4, 0.5) is 0 Å². The number of carboxylic acid groups (broad SMARTS) is 2. The lowest BCUT2D eigenvalue weighted by Crippen LogP contribution is -2.56. The Morgan fingerprint density at radius 2 is 1.54 bits per heavy atom. The van der Waals surface area contributed by atoms with Crippen molar-refractivity contribution in [2.45, 2.75) is 56.7 Å². The highest BCUT2D eigenvalue weighted by atomic mass is 16.4. The molecule has 2 aromatic rings. The molecule has 0 saturated carbocycles. The van der Waals surface area contributed by atoms with E-state index in [1.165, 1.54) is 0 Å². The molecule has 3 unspecified atom stereocenters. The van der Waals surface area contributed by atoms with Crippen LogP contribution >= 0.6 is 0 Å². The molecule has 0 bridgehead atoms. The molecule has 0 radical (unpaired) electrons. The van der Waals surface area contributed by atoms with E-state index in [0.717, 1.165) is 10.9 Å². The summed E-state index contributed by atoms with van der Waals surface area (Å²) in [7, 11) is 0. The summed E-state index contributed by atoms with van der Waals surface area (Å²) < 4.78 is 0. The van der Waals surface area contributed by atoms with Gasteiger partial charge in [-0.25, -0.2) is 4.79 Å². The Labute approximate surface area is 213 Å². The Bertz CT molecular complexity index is 1100. The van der Waals surface area contributed by atoms with Crippen LogP contribution in [-0.4, -0.2) is 76.1 Å². The third kappa shape index (κ3) is 9.20. The first-order valence-electron chi connectivity index (χ1n) is 12.0. The van der Waals surface area contributed by atoms with E-state index in [4.69, 9.17) is 16.6 Å². The summed E-state index contributed by atoms with van der Waals surface area (Å²) in [5.74, 6) is -4.61. The number of carbonyl (C=O) groups is 5. The molecule has 0 aliphatic carbocycles. The van der Waals surface area contributed by atoms with E-state index < -0.39 is 54.2 Å². The topological polar surface area (TPSA) is 230 Å². The summed E-state index contributed by atoms with van der Waals surface area (Å²) in [5, 5.41) is 26.7. The summed E-state index contributed by atoms with van der Waals surface area (Å²) in [6, 6.07) is 3.66. The quantitative estimate of drug-likeness (QED) is 0.130. The first-order chi connectivity index (χ1) is 17.7. The standard InChI is InChI=1S/C24H34N6O7/c25-10-4-3-7-17(28-20(31)12-26)22(34)30-19(11-14-13-27-16-6-2-1-5-15(14)16)23(35)29-18(24(36)37)8-9-21(32)33/h1-2,5-6,13,17-19,27H,3-4,7-12,25-26H2,(H,28,31)(H,29,35)(H,30,34)(H,32,33)(H,36,37). The van der Waals surface area contributed by atoms with Crippen molar-refractivity contribution in [1.29, 1.82) is 0 Å². The SMILES string of the molecule is NCCCCC(NC(=O)CN)C(=O)NC(Cc1c[nH]c2ccccc12)C(=O)NC(CCC(=O)O)C(=O)O. The highest BCUT2D eigenvalue weighted by Gasteiger charge is 2.30. The van der Waals surface area contributed by atoms with Crippen LogP contribution in [0.15, 0.2) is 30.5 Å². The number of fused-ring (bicyclic) bond motifs is 1. The Hall–Kier alpha value is -3.97. The van der Waals surface area contributed by atoms with Crippen molar-refractivity contribution in [2.75, 3.05) is 13.1 Å². The van der Waals surface area contributed by atoms with E-state index >= 15 is 0 Å². The Morgan fingerprint density at radius 1 is 0.865 bits per heavy atom. The molecule has 0 aliphatic heterocycles. The first-order valence-corrected chi connectivity index (χ1v) is 12.0. The molecule has 3 atom stereocenters. The van der Waals surface area contributed by atoms with Crippen molar-refractivity contribution >= 4 is 40.6 Å². The lowest BCUT2D eigenvalue weighted by atomic mass is 10.0. The molecule has 0 aliphatic rings. The number of hydrogen-bond donors (Lipinski definition) is 8. The van der Waals surface area contributed by atoms with Gasteiger partial charge in [-0.05, 0) is 43.9 Å². The monoisotopic (exact) mass is 518 g/mol. The van der Waals surface area contributed by atoms with Crippen molar-refractivity contribution < 1.29 is 34.2 Å². The molecule has 13 nitrogen and oxygen atoms in total. The number of aromatic nitrogens is 1. The van der Waals surface area contributed by atoms with Crippen molar-refractivity contribution in [1.82, 2.24) is 20.9 Å². The van der Waals surface area contributed by atoms with Gasteiger partial charge in [0, 0.05) is 29.9 Å². The number of hydrogen-bond acceptors (Lipinski definition) is 7. The number of carbonyl (C=O) groups excluding carboxylic acids is 3. The van der Waals surface area contributed by atoms with Crippen LogP contribution in [0.1, 0.15) is 37.7 Å². The number of aromatic amines is 1. The Balaban J connectivity index is 2.29. The van der Waals surface area contributed by atoms with Crippen LogP contribution in [0.25, 0.3) is 10.9 Å². The van der Waals surface area contributed by atoms with Crippen LogP contribution in [0.2, 0.25) is 0 Å². The third-order valence-corrected chi connectivity index (χ3v) is 5.78. The normalized spacial score (nSPS) is 13.4. The van der Waals surface area contributed by atoms with Gasteiger partial charge in [0.2, 0.25) is 17.7 Å². The van der Waals surface area contributed by atoms with Crippen LogP contribution in [0.5, 0.6) is 0 Å². The summed E-state index contributed by atoms with van der Waals surface area (Å²) in [6.45, 7) is 0.0709. The maximum Gasteiger partial charge on any atom is 0.326 e. The van der Waals surface area contributed by atoms with E-state index in [1.54, 1.807) is 6.20 Å². The molecular weight excluding hydrogens is 484 g/mol. The van der Waals surface area contributed by atoms with Crippen molar-refractivity contribution in [3.05, 3.63) is 36.0 Å². The van der Waals surface area contributed by atoms with Crippen LogP contribution in [0.3, 0.4) is 0 Å². The number of H-pyrrole nitrogens is 1. The summed E-state index contributed by atoms with van der Waals surface area (Å²) in [5.41, 5.74) is 12.4. The molecule has 10 N–H and O–H groups in total. The van der Waals surface area contributed by atoms with E-state index in [0.29, 0.717) is 24.9 Å². The van der Waals surface area contributed by atoms with Gasteiger partial charge in [0.25, 0.3) is 0 Å². The van der Waals surface area contributed by atoms with Crippen LogP contribution < -0.4 is 27.4 Å². The minimum atomic E-state index is -1.47. The van der Waals surface area contributed by atoms with Gasteiger partial charge in [0.05, 0.1) is 6.54 Å². The van der Waals surface area contributed by atoms with E-state index in [-0.39, 0.29) is 25.8 Å². The van der Waals surface area contributed by atoms with Gasteiger partial charge < -0.3 is 42.6 Å². The molecule has 13 heteroatoms. The minimum Gasteiger partial charge on any atom is -0.481 e. The highest BCUT2D eigenvalue weighted by Crippen LogP contribution is 2.19. The van der Waals surface area contributed by atoms with Gasteiger partial charge in [0.1, 0.15) is 18.1 Å². The van der Waals surface area contributed by atoms with Crippen LogP contribution in [-0.2, 0) is 30.4 Å². The zero-order chi connectivity index (χ0) is 27.4.